The zero-order valence-corrected chi connectivity index (χ0v) is 16.0. The third-order valence-electron chi connectivity index (χ3n) is 5.08. The van der Waals surface area contributed by atoms with Gasteiger partial charge in [-0.1, -0.05) is 12.1 Å². The molecule has 0 saturated carbocycles. The Labute approximate surface area is 164 Å². The number of nitrogens with one attached hydrogen (secondary N) is 1. The first-order valence-corrected chi connectivity index (χ1v) is 9.65. The minimum Gasteiger partial charge on any atom is -0.497 e. The van der Waals surface area contributed by atoms with E-state index in [0.717, 1.165) is 46.8 Å². The predicted octanol–water partition coefficient (Wildman–Crippen LogP) is 3.81. The molecule has 1 aromatic heterocycles. The number of rotatable bonds is 5. The topological polar surface area (TPSA) is 67.3 Å². The smallest absolute Gasteiger partial charge is 0.228 e. The molecule has 6 heteroatoms. The number of hydrogen-bond donors (Lipinski definition) is 1. The highest BCUT2D eigenvalue weighted by molar-refractivity contribution is 5.96. The number of aromatic nitrogens is 2. The van der Waals surface area contributed by atoms with Crippen molar-refractivity contribution in [1.82, 2.24) is 9.97 Å². The van der Waals surface area contributed by atoms with Crippen molar-refractivity contribution in [2.24, 2.45) is 0 Å². The van der Waals surface area contributed by atoms with Crippen molar-refractivity contribution in [2.45, 2.75) is 25.7 Å². The van der Waals surface area contributed by atoms with Crippen LogP contribution in [0.5, 0.6) is 5.75 Å². The molecule has 1 N–H and O–H groups in total. The predicted molar refractivity (Wildman–Crippen MR) is 111 cm³/mol. The summed E-state index contributed by atoms with van der Waals surface area (Å²) >= 11 is 0. The van der Waals surface area contributed by atoms with Crippen LogP contribution in [0.3, 0.4) is 0 Å². The van der Waals surface area contributed by atoms with Crippen LogP contribution >= 0.6 is 0 Å². The third-order valence-corrected chi connectivity index (χ3v) is 5.08. The van der Waals surface area contributed by atoms with Gasteiger partial charge < -0.3 is 15.0 Å². The fourth-order valence-corrected chi connectivity index (χ4v) is 3.61. The number of amides is 1. The summed E-state index contributed by atoms with van der Waals surface area (Å²) in [6.45, 7) is 2.07. The molecule has 1 fully saturated rings. The quantitative estimate of drug-likeness (QED) is 0.733. The van der Waals surface area contributed by atoms with Gasteiger partial charge in [0.15, 0.2) is 0 Å². The van der Waals surface area contributed by atoms with Gasteiger partial charge in [0.05, 0.1) is 19.0 Å². The zero-order valence-electron chi connectivity index (χ0n) is 16.0. The Hall–Kier alpha value is -3.15. The molecule has 0 bridgehead atoms. The van der Waals surface area contributed by atoms with Gasteiger partial charge in [0.1, 0.15) is 17.9 Å². The van der Waals surface area contributed by atoms with Crippen LogP contribution in [0.25, 0.3) is 10.9 Å². The highest BCUT2D eigenvalue weighted by Gasteiger charge is 2.15. The van der Waals surface area contributed by atoms with Gasteiger partial charge >= 0.3 is 0 Å². The minimum absolute atomic E-state index is 0.0603. The highest BCUT2D eigenvalue weighted by atomic mass is 16.5. The number of hydrogen-bond acceptors (Lipinski definition) is 5. The van der Waals surface area contributed by atoms with Crippen molar-refractivity contribution >= 4 is 28.3 Å². The molecule has 0 unspecified atom stereocenters. The number of piperidine rings is 1. The molecule has 0 aliphatic carbocycles. The Balaban J connectivity index is 1.48. The SMILES string of the molecule is COc1ccc(CC(=O)Nc2ccc3c(N4CCCCC4)ncnc3c2)cc1. The number of fused-ring (bicyclic) bond motifs is 1. The second-order valence-corrected chi connectivity index (χ2v) is 7.05. The van der Waals surface area contributed by atoms with Gasteiger partial charge in [-0.25, -0.2) is 9.97 Å². The summed E-state index contributed by atoms with van der Waals surface area (Å²) in [5, 5.41) is 3.99. The van der Waals surface area contributed by atoms with Gasteiger partial charge in [0.2, 0.25) is 5.91 Å². The third kappa shape index (κ3) is 4.06. The Kier molecular flexibility index (Phi) is 5.37. The maximum Gasteiger partial charge on any atom is 0.228 e. The monoisotopic (exact) mass is 376 g/mol. The molecule has 0 spiro atoms. The van der Waals surface area contributed by atoms with Crippen LogP contribution in [-0.4, -0.2) is 36.1 Å². The lowest BCUT2D eigenvalue weighted by atomic mass is 10.1. The first kappa shape index (κ1) is 18.2. The average Bonchev–Trinajstić information content (AvgIpc) is 2.74. The Morgan fingerprint density at radius 2 is 1.86 bits per heavy atom. The van der Waals surface area contributed by atoms with Crippen LogP contribution in [-0.2, 0) is 11.2 Å². The van der Waals surface area contributed by atoms with Gasteiger partial charge in [-0.15, -0.1) is 0 Å². The van der Waals surface area contributed by atoms with Crippen LogP contribution in [0.1, 0.15) is 24.8 Å². The fourth-order valence-electron chi connectivity index (χ4n) is 3.61. The van der Waals surface area contributed by atoms with Crippen molar-refractivity contribution in [3.63, 3.8) is 0 Å². The van der Waals surface area contributed by atoms with Gasteiger partial charge in [-0.2, -0.15) is 0 Å². The number of carbonyl (C=O) groups excluding carboxylic acids is 1. The maximum absolute atomic E-state index is 12.4. The van der Waals surface area contributed by atoms with Crippen LogP contribution in [0, 0.1) is 0 Å². The van der Waals surface area contributed by atoms with Crippen LogP contribution < -0.4 is 15.0 Å². The molecule has 28 heavy (non-hydrogen) atoms. The first-order valence-electron chi connectivity index (χ1n) is 9.65. The van der Waals surface area contributed by atoms with Gasteiger partial charge in [-0.3, -0.25) is 4.79 Å². The molecule has 0 radical (unpaired) electrons. The lowest BCUT2D eigenvalue weighted by Gasteiger charge is -2.28. The lowest BCUT2D eigenvalue weighted by Crippen LogP contribution is -2.30. The van der Waals surface area contributed by atoms with Crippen molar-refractivity contribution in [3.8, 4) is 5.75 Å². The van der Waals surface area contributed by atoms with E-state index in [4.69, 9.17) is 4.74 Å². The summed E-state index contributed by atoms with van der Waals surface area (Å²) in [5.74, 6) is 1.71. The molecule has 1 aliphatic heterocycles. The Morgan fingerprint density at radius 3 is 2.61 bits per heavy atom. The van der Waals surface area contributed by atoms with Crippen molar-refractivity contribution < 1.29 is 9.53 Å². The summed E-state index contributed by atoms with van der Waals surface area (Å²) < 4.78 is 5.15. The van der Waals surface area contributed by atoms with Gasteiger partial charge in [-0.05, 0) is 55.2 Å². The molecular formula is C22H24N4O2. The lowest BCUT2D eigenvalue weighted by molar-refractivity contribution is -0.115. The minimum atomic E-state index is -0.0603. The molecule has 1 aliphatic rings. The summed E-state index contributed by atoms with van der Waals surface area (Å²) in [4.78, 5) is 23.6. The van der Waals surface area contributed by atoms with E-state index in [1.807, 2.05) is 42.5 Å². The van der Waals surface area contributed by atoms with Gasteiger partial charge in [0, 0.05) is 24.2 Å². The summed E-state index contributed by atoms with van der Waals surface area (Å²) in [5.41, 5.74) is 2.53. The number of benzene rings is 2. The van der Waals surface area contributed by atoms with E-state index in [-0.39, 0.29) is 5.91 Å². The van der Waals surface area contributed by atoms with Crippen molar-refractivity contribution in [1.29, 1.82) is 0 Å². The van der Waals surface area contributed by atoms with Crippen LogP contribution in [0.4, 0.5) is 11.5 Å². The first-order chi connectivity index (χ1) is 13.7. The molecular weight excluding hydrogens is 352 g/mol. The van der Waals surface area contributed by atoms with E-state index < -0.39 is 0 Å². The molecule has 3 aromatic rings. The molecule has 2 aromatic carbocycles. The zero-order chi connectivity index (χ0) is 19.3. The second kappa shape index (κ2) is 8.25. The molecule has 6 nitrogen and oxygen atoms in total. The van der Waals surface area contributed by atoms with Crippen LogP contribution in [0.2, 0.25) is 0 Å². The van der Waals surface area contributed by atoms with E-state index in [0.29, 0.717) is 6.42 Å². The van der Waals surface area contributed by atoms with E-state index in [2.05, 4.69) is 20.2 Å². The standard InChI is InChI=1S/C22H24N4O2/c1-28-18-8-5-16(6-9-18)13-21(27)25-17-7-10-19-20(14-17)23-15-24-22(19)26-11-3-2-4-12-26/h5-10,14-15H,2-4,11-13H2,1H3,(H,25,27). The second-order valence-electron chi connectivity index (χ2n) is 7.05. The summed E-state index contributed by atoms with van der Waals surface area (Å²) in [6.07, 6.45) is 5.60. The van der Waals surface area contributed by atoms with Crippen molar-refractivity contribution in [2.75, 3.05) is 30.4 Å². The van der Waals surface area contributed by atoms with Crippen LogP contribution in [0.15, 0.2) is 48.8 Å². The van der Waals surface area contributed by atoms with E-state index in [1.165, 1.54) is 19.3 Å². The Morgan fingerprint density at radius 1 is 1.07 bits per heavy atom. The highest BCUT2D eigenvalue weighted by Crippen LogP contribution is 2.27. The van der Waals surface area contributed by atoms with E-state index >= 15 is 0 Å². The maximum atomic E-state index is 12.4. The molecule has 1 amide bonds. The molecule has 2 heterocycles. The van der Waals surface area contributed by atoms with Crippen molar-refractivity contribution in [3.05, 3.63) is 54.4 Å². The largest absolute Gasteiger partial charge is 0.497 e. The number of anilines is 2. The van der Waals surface area contributed by atoms with E-state index in [1.54, 1.807) is 13.4 Å². The number of carbonyl (C=O) groups is 1. The van der Waals surface area contributed by atoms with Gasteiger partial charge in [0.25, 0.3) is 0 Å². The average molecular weight is 376 g/mol. The molecule has 144 valence electrons. The summed E-state index contributed by atoms with van der Waals surface area (Å²) in [6, 6.07) is 13.4. The number of methoxy groups -OCH3 is 1. The molecule has 1 saturated heterocycles. The van der Waals surface area contributed by atoms with E-state index in [9.17, 15) is 4.79 Å². The molecule has 4 rings (SSSR count). The normalized spacial score (nSPS) is 14.1. The molecule has 0 atom stereocenters. The number of nitrogens with zero attached hydrogens (tertiary/aromatic N) is 3. The number of ether oxygens (including phenoxy) is 1. The summed E-state index contributed by atoms with van der Waals surface area (Å²) in [7, 11) is 1.63. The fraction of sp³-hybridized carbons (Fsp3) is 0.318. The Bertz CT molecular complexity index is 966.